The molecule has 0 fully saturated rings. The third-order valence-electron chi connectivity index (χ3n) is 5.35. The zero-order valence-corrected chi connectivity index (χ0v) is 17.1. The average Bonchev–Trinajstić information content (AvgIpc) is 3.31. The molecule has 0 aliphatic carbocycles. The fourth-order valence-electron chi connectivity index (χ4n) is 3.66. The second-order valence-corrected chi connectivity index (χ2v) is 8.37. The molecular weight excluding hydrogens is 380 g/mol. The van der Waals surface area contributed by atoms with E-state index in [0.29, 0.717) is 18.0 Å². The highest BCUT2D eigenvalue weighted by atomic mass is 32.1. The molecule has 0 saturated heterocycles. The van der Waals surface area contributed by atoms with Crippen LogP contribution in [0.4, 0.5) is 0 Å². The van der Waals surface area contributed by atoms with Crippen LogP contribution in [0, 0.1) is 13.8 Å². The van der Waals surface area contributed by atoms with E-state index in [-0.39, 0.29) is 5.69 Å². The van der Waals surface area contributed by atoms with Crippen molar-refractivity contribution < 1.29 is 0 Å². The molecule has 6 heteroatoms. The second-order valence-electron chi connectivity index (χ2n) is 7.17. The quantitative estimate of drug-likeness (QED) is 0.442. The lowest BCUT2D eigenvalue weighted by Gasteiger charge is -2.08. The first kappa shape index (κ1) is 17.8. The Kier molecular flexibility index (Phi) is 4.28. The van der Waals surface area contributed by atoms with Crippen LogP contribution in [0.15, 0.2) is 65.5 Å². The number of hydrogen-bond acceptors (Lipinski definition) is 4. The Hall–Kier alpha value is -3.25. The summed E-state index contributed by atoms with van der Waals surface area (Å²) in [5.41, 5.74) is 3.78. The highest BCUT2D eigenvalue weighted by Gasteiger charge is 2.20. The first-order valence-electron chi connectivity index (χ1n) is 9.62. The maximum Gasteiger partial charge on any atom is 0.351 e. The van der Waals surface area contributed by atoms with Gasteiger partial charge in [-0.2, -0.15) is 4.52 Å². The van der Waals surface area contributed by atoms with Crippen molar-refractivity contribution in [1.29, 1.82) is 0 Å². The van der Waals surface area contributed by atoms with Gasteiger partial charge < -0.3 is 0 Å². The number of aromatic nitrogens is 4. The summed E-state index contributed by atoms with van der Waals surface area (Å²) >= 11 is 1.66. The van der Waals surface area contributed by atoms with Crippen LogP contribution in [-0.4, -0.2) is 19.2 Å². The van der Waals surface area contributed by atoms with Crippen LogP contribution in [0.25, 0.3) is 27.3 Å². The Balaban J connectivity index is 1.73. The number of benzene rings is 2. The van der Waals surface area contributed by atoms with Crippen LogP contribution < -0.4 is 5.69 Å². The molecule has 5 aromatic rings. The number of hydrogen-bond donors (Lipinski definition) is 0. The van der Waals surface area contributed by atoms with Crippen LogP contribution in [0.5, 0.6) is 0 Å². The third kappa shape index (κ3) is 2.96. The molecule has 0 radical (unpaired) electrons. The number of thiophene rings is 1. The van der Waals surface area contributed by atoms with Crippen LogP contribution in [0.2, 0.25) is 0 Å². The van der Waals surface area contributed by atoms with E-state index in [0.717, 1.165) is 27.8 Å². The zero-order valence-electron chi connectivity index (χ0n) is 16.3. The molecule has 0 atom stereocenters. The van der Waals surface area contributed by atoms with Crippen LogP contribution in [0.3, 0.4) is 0 Å². The fraction of sp³-hybridized carbons (Fsp3) is 0.174. The van der Waals surface area contributed by atoms with Gasteiger partial charge in [0.2, 0.25) is 0 Å². The summed E-state index contributed by atoms with van der Waals surface area (Å²) in [7, 11) is 0. The minimum Gasteiger partial charge on any atom is -0.283 e. The molecule has 0 amide bonds. The molecule has 3 aromatic heterocycles. The van der Waals surface area contributed by atoms with Crippen molar-refractivity contribution in [2.24, 2.45) is 0 Å². The molecule has 0 unspecified atom stereocenters. The molecule has 0 aliphatic rings. The summed E-state index contributed by atoms with van der Waals surface area (Å²) in [5, 5.41) is 5.60. The van der Waals surface area contributed by atoms with Crippen molar-refractivity contribution in [3.8, 4) is 11.4 Å². The lowest BCUT2D eigenvalue weighted by Crippen LogP contribution is -2.28. The monoisotopic (exact) mass is 400 g/mol. The van der Waals surface area contributed by atoms with Crippen molar-refractivity contribution in [3.05, 3.63) is 87.2 Å². The van der Waals surface area contributed by atoms with E-state index in [1.165, 1.54) is 15.0 Å². The Morgan fingerprint density at radius 1 is 0.966 bits per heavy atom. The molecular formula is C23H20N4OS. The van der Waals surface area contributed by atoms with Crippen LogP contribution >= 0.6 is 11.3 Å². The predicted octanol–water partition coefficient (Wildman–Crippen LogP) is 4.63. The molecule has 0 bridgehead atoms. The Bertz CT molecular complexity index is 1380. The van der Waals surface area contributed by atoms with Gasteiger partial charge in [-0.15, -0.1) is 16.4 Å². The molecule has 5 rings (SSSR count). The molecule has 0 saturated carbocycles. The van der Waals surface area contributed by atoms with Gasteiger partial charge in [0.1, 0.15) is 4.83 Å². The summed E-state index contributed by atoms with van der Waals surface area (Å²) in [6.07, 6.45) is 0.789. The standard InChI is InChI=1S/C23H20N4OS/c1-15-16(2)29-22-19(15)21-24-20(18-11-7-4-8-12-18)25-27(21)23(28)26(22)14-13-17-9-5-3-6-10-17/h3-12H,13-14H2,1-2H3. The van der Waals surface area contributed by atoms with Crippen molar-refractivity contribution in [2.75, 3.05) is 0 Å². The van der Waals surface area contributed by atoms with Gasteiger partial charge in [-0.3, -0.25) is 4.57 Å². The zero-order chi connectivity index (χ0) is 20.0. The first-order valence-corrected chi connectivity index (χ1v) is 10.4. The molecule has 2 aromatic carbocycles. The SMILES string of the molecule is Cc1sc2c(c1C)c1nc(-c3ccccc3)nn1c(=O)n2CCc1ccccc1. The van der Waals surface area contributed by atoms with Crippen molar-refractivity contribution in [1.82, 2.24) is 19.2 Å². The van der Waals surface area contributed by atoms with E-state index in [4.69, 9.17) is 4.98 Å². The van der Waals surface area contributed by atoms with Crippen molar-refractivity contribution in [3.63, 3.8) is 0 Å². The lowest BCUT2D eigenvalue weighted by molar-refractivity contribution is 0.654. The predicted molar refractivity (Wildman–Crippen MR) is 118 cm³/mol. The number of rotatable bonds is 4. The highest BCUT2D eigenvalue weighted by Crippen LogP contribution is 2.32. The minimum absolute atomic E-state index is 0.139. The number of aryl methyl sites for hydroxylation is 4. The van der Waals surface area contributed by atoms with E-state index in [2.05, 4.69) is 31.1 Å². The van der Waals surface area contributed by atoms with Gasteiger partial charge in [-0.1, -0.05) is 60.7 Å². The Labute approximate surface area is 171 Å². The summed E-state index contributed by atoms with van der Waals surface area (Å²) in [5.74, 6) is 0.577. The third-order valence-corrected chi connectivity index (χ3v) is 6.58. The number of nitrogens with zero attached hydrogens (tertiary/aromatic N) is 4. The molecule has 29 heavy (non-hydrogen) atoms. The maximum atomic E-state index is 13.4. The average molecular weight is 401 g/mol. The molecule has 3 heterocycles. The summed E-state index contributed by atoms with van der Waals surface area (Å²) in [6.45, 7) is 4.79. The summed E-state index contributed by atoms with van der Waals surface area (Å²) in [4.78, 5) is 20.3. The summed E-state index contributed by atoms with van der Waals surface area (Å²) < 4.78 is 3.32. The van der Waals surface area contributed by atoms with E-state index in [9.17, 15) is 4.79 Å². The smallest absolute Gasteiger partial charge is 0.283 e. The van der Waals surface area contributed by atoms with E-state index < -0.39 is 0 Å². The van der Waals surface area contributed by atoms with Crippen LogP contribution in [0.1, 0.15) is 16.0 Å². The van der Waals surface area contributed by atoms with E-state index >= 15 is 0 Å². The minimum atomic E-state index is -0.139. The van der Waals surface area contributed by atoms with Crippen molar-refractivity contribution in [2.45, 2.75) is 26.8 Å². The molecule has 0 aliphatic heterocycles. The second kappa shape index (κ2) is 6.97. The Morgan fingerprint density at radius 3 is 2.38 bits per heavy atom. The topological polar surface area (TPSA) is 52.2 Å². The molecule has 0 spiro atoms. The van der Waals surface area contributed by atoms with Gasteiger partial charge in [0.05, 0.1) is 5.39 Å². The van der Waals surface area contributed by atoms with Gasteiger partial charge in [0.15, 0.2) is 11.5 Å². The van der Waals surface area contributed by atoms with E-state index in [1.54, 1.807) is 11.3 Å². The van der Waals surface area contributed by atoms with Gasteiger partial charge in [0.25, 0.3) is 0 Å². The summed E-state index contributed by atoms with van der Waals surface area (Å²) in [6, 6.07) is 20.0. The molecule has 144 valence electrons. The van der Waals surface area contributed by atoms with Gasteiger partial charge in [0, 0.05) is 17.0 Å². The largest absolute Gasteiger partial charge is 0.351 e. The van der Waals surface area contributed by atoms with Crippen molar-refractivity contribution >= 4 is 27.2 Å². The normalized spacial score (nSPS) is 11.5. The van der Waals surface area contributed by atoms with Gasteiger partial charge in [-0.05, 0) is 31.4 Å². The highest BCUT2D eigenvalue weighted by molar-refractivity contribution is 7.19. The lowest BCUT2D eigenvalue weighted by atomic mass is 10.1. The maximum absolute atomic E-state index is 13.4. The van der Waals surface area contributed by atoms with Crippen LogP contribution in [-0.2, 0) is 13.0 Å². The molecule has 5 nitrogen and oxygen atoms in total. The molecule has 0 N–H and O–H groups in total. The number of fused-ring (bicyclic) bond motifs is 3. The van der Waals surface area contributed by atoms with Gasteiger partial charge >= 0.3 is 5.69 Å². The van der Waals surface area contributed by atoms with Gasteiger partial charge in [-0.25, -0.2) is 9.78 Å². The first-order chi connectivity index (χ1) is 14.1. The Morgan fingerprint density at radius 2 is 1.66 bits per heavy atom. The van der Waals surface area contributed by atoms with E-state index in [1.807, 2.05) is 53.1 Å². The fourth-order valence-corrected chi connectivity index (χ4v) is 4.83.